The topological polar surface area (TPSA) is 17.1 Å². The van der Waals surface area contributed by atoms with Gasteiger partial charge in [-0.05, 0) is 30.0 Å². The number of hydrogen-bond donors (Lipinski definition) is 0. The first-order valence-electron chi connectivity index (χ1n) is 5.22. The van der Waals surface area contributed by atoms with Crippen LogP contribution < -0.4 is 0 Å². The maximum Gasteiger partial charge on any atom is 0.185 e. The monoisotopic (exact) mass is 202 g/mol. The molecule has 0 fully saturated rings. The van der Waals surface area contributed by atoms with Crippen LogP contribution in [0.3, 0.4) is 0 Å². The summed E-state index contributed by atoms with van der Waals surface area (Å²) in [6.07, 6.45) is 3.37. The molecule has 0 bridgehead atoms. The Morgan fingerprint density at radius 1 is 1.27 bits per heavy atom. The van der Waals surface area contributed by atoms with Crippen LogP contribution in [0.2, 0.25) is 0 Å². The van der Waals surface area contributed by atoms with Crippen molar-refractivity contribution in [2.24, 2.45) is 0 Å². The predicted molar refractivity (Wildman–Crippen MR) is 64.3 cm³/mol. The van der Waals surface area contributed by atoms with E-state index in [1.165, 1.54) is 5.56 Å². The molecule has 15 heavy (non-hydrogen) atoms. The highest BCUT2D eigenvalue weighted by molar-refractivity contribution is 6.04. The van der Waals surface area contributed by atoms with Crippen molar-refractivity contribution in [1.29, 1.82) is 0 Å². The van der Waals surface area contributed by atoms with E-state index in [2.05, 4.69) is 26.8 Å². The van der Waals surface area contributed by atoms with E-state index in [1.807, 2.05) is 25.1 Å². The molecule has 0 N–H and O–H groups in total. The Kier molecular flexibility index (Phi) is 3.46. The molecule has 0 aliphatic rings. The molecule has 1 rings (SSSR count). The summed E-state index contributed by atoms with van der Waals surface area (Å²) in [7, 11) is 0. The first-order valence-corrected chi connectivity index (χ1v) is 5.22. The molecule has 0 heterocycles. The summed E-state index contributed by atoms with van der Waals surface area (Å²) in [6, 6.07) is 7.84. The van der Waals surface area contributed by atoms with Gasteiger partial charge in [0.15, 0.2) is 5.78 Å². The molecular formula is C14H18O. The first kappa shape index (κ1) is 11.7. The summed E-state index contributed by atoms with van der Waals surface area (Å²) >= 11 is 0. The lowest BCUT2D eigenvalue weighted by molar-refractivity contribution is 0.104. The molecule has 0 radical (unpaired) electrons. The van der Waals surface area contributed by atoms with Gasteiger partial charge in [-0.15, -0.1) is 0 Å². The van der Waals surface area contributed by atoms with Crippen molar-refractivity contribution < 1.29 is 4.79 Å². The molecule has 0 aliphatic heterocycles. The quantitative estimate of drug-likeness (QED) is 0.527. The van der Waals surface area contributed by atoms with Gasteiger partial charge in [0.05, 0.1) is 0 Å². The number of benzene rings is 1. The second kappa shape index (κ2) is 4.43. The van der Waals surface area contributed by atoms with E-state index >= 15 is 0 Å². The first-order chi connectivity index (χ1) is 6.95. The van der Waals surface area contributed by atoms with Crippen molar-refractivity contribution in [1.82, 2.24) is 0 Å². The molecule has 0 aliphatic carbocycles. The third-order valence-electron chi connectivity index (χ3n) is 2.33. The van der Waals surface area contributed by atoms with Crippen LogP contribution in [0.25, 0.3) is 0 Å². The van der Waals surface area contributed by atoms with E-state index in [4.69, 9.17) is 0 Å². The average Bonchev–Trinajstić information content (AvgIpc) is 2.17. The molecule has 1 aromatic rings. The normalized spacial score (nSPS) is 12.0. The minimum absolute atomic E-state index is 0.0728. The number of allylic oxidation sites excluding steroid dienone is 2. The van der Waals surface area contributed by atoms with Crippen LogP contribution in [0.4, 0.5) is 0 Å². The second-order valence-corrected chi connectivity index (χ2v) is 4.70. The summed E-state index contributed by atoms with van der Waals surface area (Å²) < 4.78 is 0. The Morgan fingerprint density at radius 3 is 2.47 bits per heavy atom. The third-order valence-corrected chi connectivity index (χ3v) is 2.33. The number of carbonyl (C=O) groups is 1. The molecule has 0 atom stereocenters. The summed E-state index contributed by atoms with van der Waals surface area (Å²) in [5.41, 5.74) is 2.05. The Balaban J connectivity index is 3.08. The SMILES string of the molecule is CC=CC(=O)c1cccc(C(C)(C)C)c1. The zero-order valence-corrected chi connectivity index (χ0v) is 9.87. The van der Waals surface area contributed by atoms with E-state index < -0.39 is 0 Å². The van der Waals surface area contributed by atoms with Gasteiger partial charge in [-0.2, -0.15) is 0 Å². The predicted octanol–water partition coefficient (Wildman–Crippen LogP) is 3.74. The van der Waals surface area contributed by atoms with Gasteiger partial charge < -0.3 is 0 Å². The standard InChI is InChI=1S/C14H18O/c1-5-7-13(15)11-8-6-9-12(10-11)14(2,3)4/h5-10H,1-4H3. The molecule has 0 saturated heterocycles. The van der Waals surface area contributed by atoms with Crippen molar-refractivity contribution >= 4 is 5.78 Å². The van der Waals surface area contributed by atoms with Gasteiger partial charge in [-0.3, -0.25) is 4.79 Å². The summed E-state index contributed by atoms with van der Waals surface area (Å²) in [5, 5.41) is 0. The number of ketones is 1. The van der Waals surface area contributed by atoms with Gasteiger partial charge in [0, 0.05) is 5.56 Å². The molecule has 1 nitrogen and oxygen atoms in total. The zero-order valence-electron chi connectivity index (χ0n) is 9.87. The maximum absolute atomic E-state index is 11.6. The van der Waals surface area contributed by atoms with E-state index in [0.717, 1.165) is 5.56 Å². The fourth-order valence-corrected chi connectivity index (χ4v) is 1.39. The van der Waals surface area contributed by atoms with Crippen LogP contribution in [-0.2, 0) is 5.41 Å². The summed E-state index contributed by atoms with van der Waals surface area (Å²) in [5.74, 6) is 0.0728. The zero-order chi connectivity index (χ0) is 11.5. The fraction of sp³-hybridized carbons (Fsp3) is 0.357. The molecule has 0 saturated carbocycles. The maximum atomic E-state index is 11.6. The van der Waals surface area contributed by atoms with Gasteiger partial charge in [-0.1, -0.05) is 45.0 Å². The Labute approximate surface area is 91.8 Å². The van der Waals surface area contributed by atoms with Gasteiger partial charge in [-0.25, -0.2) is 0 Å². The van der Waals surface area contributed by atoms with Crippen LogP contribution in [0.1, 0.15) is 43.6 Å². The van der Waals surface area contributed by atoms with Gasteiger partial charge >= 0.3 is 0 Å². The van der Waals surface area contributed by atoms with Gasteiger partial charge in [0.2, 0.25) is 0 Å². The molecule has 0 unspecified atom stereocenters. The van der Waals surface area contributed by atoms with Crippen molar-refractivity contribution in [3.63, 3.8) is 0 Å². The van der Waals surface area contributed by atoms with Crippen molar-refractivity contribution in [3.8, 4) is 0 Å². The Morgan fingerprint density at radius 2 is 1.93 bits per heavy atom. The third kappa shape index (κ3) is 3.05. The average molecular weight is 202 g/mol. The molecule has 0 amide bonds. The molecule has 1 aromatic carbocycles. The lowest BCUT2D eigenvalue weighted by Gasteiger charge is -2.19. The Hall–Kier alpha value is -1.37. The second-order valence-electron chi connectivity index (χ2n) is 4.70. The van der Waals surface area contributed by atoms with Gasteiger partial charge in [0.1, 0.15) is 0 Å². The fourth-order valence-electron chi connectivity index (χ4n) is 1.39. The van der Waals surface area contributed by atoms with Crippen LogP contribution >= 0.6 is 0 Å². The lowest BCUT2D eigenvalue weighted by atomic mass is 9.86. The van der Waals surface area contributed by atoms with E-state index in [9.17, 15) is 4.79 Å². The highest BCUT2D eigenvalue weighted by Gasteiger charge is 2.14. The number of hydrogen-bond acceptors (Lipinski definition) is 1. The Bertz CT molecular complexity index is 381. The highest BCUT2D eigenvalue weighted by Crippen LogP contribution is 2.22. The molecule has 0 spiro atoms. The number of rotatable bonds is 2. The lowest BCUT2D eigenvalue weighted by Crippen LogP contribution is -2.11. The van der Waals surface area contributed by atoms with E-state index in [1.54, 1.807) is 12.2 Å². The van der Waals surface area contributed by atoms with Gasteiger partial charge in [0.25, 0.3) is 0 Å². The highest BCUT2D eigenvalue weighted by atomic mass is 16.1. The van der Waals surface area contributed by atoms with Crippen molar-refractivity contribution in [2.45, 2.75) is 33.1 Å². The minimum Gasteiger partial charge on any atom is -0.289 e. The molecular weight excluding hydrogens is 184 g/mol. The van der Waals surface area contributed by atoms with E-state index in [0.29, 0.717) is 0 Å². The smallest absolute Gasteiger partial charge is 0.185 e. The van der Waals surface area contributed by atoms with Crippen LogP contribution in [0, 0.1) is 0 Å². The van der Waals surface area contributed by atoms with Crippen molar-refractivity contribution in [2.75, 3.05) is 0 Å². The minimum atomic E-state index is 0.0728. The molecule has 0 aromatic heterocycles. The molecule has 1 heteroatoms. The van der Waals surface area contributed by atoms with Crippen LogP contribution in [0.5, 0.6) is 0 Å². The summed E-state index contributed by atoms with van der Waals surface area (Å²) in [6.45, 7) is 8.29. The summed E-state index contributed by atoms with van der Waals surface area (Å²) in [4.78, 5) is 11.6. The van der Waals surface area contributed by atoms with Crippen molar-refractivity contribution in [3.05, 3.63) is 47.5 Å². The van der Waals surface area contributed by atoms with Crippen LogP contribution in [0.15, 0.2) is 36.4 Å². The number of carbonyl (C=O) groups excluding carboxylic acids is 1. The van der Waals surface area contributed by atoms with E-state index in [-0.39, 0.29) is 11.2 Å². The largest absolute Gasteiger partial charge is 0.289 e. The van der Waals surface area contributed by atoms with Crippen LogP contribution in [-0.4, -0.2) is 5.78 Å². The molecule has 80 valence electrons.